The average Bonchev–Trinajstić information content (AvgIpc) is 2.52. The average molecular weight is 311 g/mol. The molecule has 4 nitrogen and oxygen atoms in total. The number of nitrogens with zero attached hydrogens (tertiary/aromatic N) is 1. The fraction of sp³-hybridized carbons (Fsp3) is 0.0588. The van der Waals surface area contributed by atoms with Crippen LogP contribution in [0.25, 0.3) is 10.8 Å². The number of aryl methyl sites for hydroxylation is 1. The van der Waals surface area contributed by atoms with Crippen molar-refractivity contribution in [2.45, 2.75) is 11.8 Å². The summed E-state index contributed by atoms with van der Waals surface area (Å²) in [5.74, 6) is 0.267. The van der Waals surface area contributed by atoms with Crippen LogP contribution in [0.1, 0.15) is 5.56 Å². The molecule has 22 heavy (non-hydrogen) atoms. The normalized spacial score (nSPS) is 10.6. The van der Waals surface area contributed by atoms with Crippen LogP contribution in [-0.2, 0) is 0 Å². The number of rotatable bonds is 4. The Morgan fingerprint density at radius 1 is 1.00 bits per heavy atom. The van der Waals surface area contributed by atoms with E-state index in [1.807, 2.05) is 42.5 Å². The van der Waals surface area contributed by atoms with Crippen molar-refractivity contribution in [3.63, 3.8) is 0 Å². The van der Waals surface area contributed by atoms with Crippen molar-refractivity contribution in [3.8, 4) is 5.75 Å². The summed E-state index contributed by atoms with van der Waals surface area (Å²) in [6.07, 6.45) is 0. The van der Waals surface area contributed by atoms with Gasteiger partial charge in [0, 0.05) is 5.56 Å². The Bertz CT molecular complexity index is 843. The van der Waals surface area contributed by atoms with Crippen LogP contribution in [0.4, 0.5) is 5.69 Å². The van der Waals surface area contributed by atoms with E-state index < -0.39 is 4.92 Å². The zero-order valence-corrected chi connectivity index (χ0v) is 12.7. The number of hydrogen-bond donors (Lipinski definition) is 0. The molecular weight excluding hydrogens is 298 g/mol. The summed E-state index contributed by atoms with van der Waals surface area (Å²) >= 11 is 1.14. The van der Waals surface area contributed by atoms with E-state index in [1.54, 1.807) is 25.1 Å². The first-order valence-corrected chi connectivity index (χ1v) is 7.47. The molecule has 0 spiro atoms. The molecule has 0 fully saturated rings. The van der Waals surface area contributed by atoms with E-state index in [1.165, 1.54) is 0 Å². The first-order chi connectivity index (χ1) is 10.7. The second kappa shape index (κ2) is 6.07. The molecule has 0 amide bonds. The van der Waals surface area contributed by atoms with Gasteiger partial charge in [0.2, 0.25) is 5.75 Å². The van der Waals surface area contributed by atoms with Gasteiger partial charge in [-0.3, -0.25) is 10.1 Å². The lowest BCUT2D eigenvalue weighted by atomic mass is 10.1. The Morgan fingerprint density at radius 2 is 1.73 bits per heavy atom. The summed E-state index contributed by atoms with van der Waals surface area (Å²) in [6, 6.07) is 18.9. The Labute approximate surface area is 132 Å². The topological polar surface area (TPSA) is 52.4 Å². The van der Waals surface area contributed by atoms with Crippen LogP contribution in [0.2, 0.25) is 0 Å². The van der Waals surface area contributed by atoms with Gasteiger partial charge in [-0.25, -0.2) is 0 Å². The van der Waals surface area contributed by atoms with E-state index in [2.05, 4.69) is 0 Å². The van der Waals surface area contributed by atoms with Crippen LogP contribution in [0.3, 0.4) is 0 Å². The molecule has 0 aliphatic carbocycles. The van der Waals surface area contributed by atoms with Crippen LogP contribution in [-0.4, -0.2) is 4.92 Å². The smallest absolute Gasteiger partial charge is 0.315 e. The molecular formula is C17H13NO3S. The summed E-state index contributed by atoms with van der Waals surface area (Å²) in [5, 5.41) is 13.3. The molecule has 0 unspecified atom stereocenters. The highest BCUT2D eigenvalue weighted by Gasteiger charge is 2.19. The zero-order valence-electron chi connectivity index (χ0n) is 11.9. The van der Waals surface area contributed by atoms with Gasteiger partial charge in [-0.1, -0.05) is 48.5 Å². The van der Waals surface area contributed by atoms with Gasteiger partial charge in [0.25, 0.3) is 0 Å². The minimum absolute atomic E-state index is 0.00948. The quantitative estimate of drug-likeness (QED) is 0.380. The van der Waals surface area contributed by atoms with Crippen molar-refractivity contribution in [3.05, 3.63) is 76.3 Å². The summed E-state index contributed by atoms with van der Waals surface area (Å²) in [5.41, 5.74) is 0.594. The molecule has 3 rings (SSSR count). The molecule has 110 valence electrons. The monoisotopic (exact) mass is 311 g/mol. The molecule has 3 aromatic carbocycles. The second-order valence-corrected chi connectivity index (χ2v) is 5.60. The highest BCUT2D eigenvalue weighted by molar-refractivity contribution is 7.95. The molecule has 0 atom stereocenters. The summed E-state index contributed by atoms with van der Waals surface area (Å²) in [4.78, 5) is 11.7. The summed E-state index contributed by atoms with van der Waals surface area (Å²) in [6.45, 7) is 1.70. The van der Waals surface area contributed by atoms with E-state index in [9.17, 15) is 10.1 Å². The van der Waals surface area contributed by atoms with Gasteiger partial charge in [-0.05, 0) is 29.8 Å². The molecule has 0 radical (unpaired) electrons. The number of benzene rings is 3. The predicted molar refractivity (Wildman–Crippen MR) is 88.3 cm³/mol. The Balaban J connectivity index is 1.92. The number of para-hydroxylation sites is 1. The Morgan fingerprint density at radius 3 is 2.55 bits per heavy atom. The molecule has 0 heterocycles. The van der Waals surface area contributed by atoms with E-state index in [-0.39, 0.29) is 11.4 Å². The number of fused-ring (bicyclic) bond motifs is 1. The van der Waals surface area contributed by atoms with E-state index in [0.717, 1.165) is 27.7 Å². The van der Waals surface area contributed by atoms with Crippen molar-refractivity contribution < 1.29 is 9.11 Å². The zero-order chi connectivity index (χ0) is 15.5. The molecule has 0 bridgehead atoms. The Kier molecular flexibility index (Phi) is 3.98. The standard InChI is InChI=1S/C17H13NO3S/c1-12-6-4-10-15(17(12)18(19)20)21-22-16-11-5-8-13-7-2-3-9-14(13)16/h2-11H,1H3. The van der Waals surface area contributed by atoms with Crippen molar-refractivity contribution in [2.24, 2.45) is 0 Å². The van der Waals surface area contributed by atoms with Gasteiger partial charge in [0.1, 0.15) is 0 Å². The maximum absolute atomic E-state index is 11.2. The van der Waals surface area contributed by atoms with E-state index in [0.29, 0.717) is 5.56 Å². The number of hydrogen-bond acceptors (Lipinski definition) is 4. The van der Waals surface area contributed by atoms with Crippen LogP contribution >= 0.6 is 12.0 Å². The minimum Gasteiger partial charge on any atom is -0.413 e. The maximum Gasteiger partial charge on any atom is 0.315 e. The Hall–Kier alpha value is -2.53. The number of nitro benzene ring substituents is 1. The summed E-state index contributed by atoms with van der Waals surface area (Å²) < 4.78 is 5.65. The molecule has 0 saturated heterocycles. The van der Waals surface area contributed by atoms with Crippen LogP contribution in [0, 0.1) is 17.0 Å². The second-order valence-electron chi connectivity index (χ2n) is 4.82. The molecule has 0 saturated carbocycles. The lowest BCUT2D eigenvalue weighted by Gasteiger charge is -2.08. The highest BCUT2D eigenvalue weighted by atomic mass is 32.2. The highest BCUT2D eigenvalue weighted by Crippen LogP contribution is 2.36. The molecule has 0 aromatic heterocycles. The molecule has 0 aliphatic rings. The third-order valence-corrected chi connectivity index (χ3v) is 4.15. The molecule has 0 aliphatic heterocycles. The van der Waals surface area contributed by atoms with Crippen molar-refractivity contribution >= 4 is 28.5 Å². The molecule has 3 aromatic rings. The van der Waals surface area contributed by atoms with Gasteiger partial charge >= 0.3 is 5.69 Å². The van der Waals surface area contributed by atoms with Crippen LogP contribution < -0.4 is 4.18 Å². The first-order valence-electron chi connectivity index (χ1n) is 6.73. The fourth-order valence-corrected chi connectivity index (χ4v) is 3.02. The van der Waals surface area contributed by atoms with Crippen LogP contribution in [0.15, 0.2) is 65.6 Å². The van der Waals surface area contributed by atoms with Crippen molar-refractivity contribution in [1.29, 1.82) is 0 Å². The SMILES string of the molecule is Cc1cccc(OSc2cccc3ccccc23)c1[N+](=O)[O-]. The van der Waals surface area contributed by atoms with E-state index in [4.69, 9.17) is 4.18 Å². The lowest BCUT2D eigenvalue weighted by molar-refractivity contribution is -0.386. The minimum atomic E-state index is -0.408. The van der Waals surface area contributed by atoms with Gasteiger partial charge in [-0.15, -0.1) is 0 Å². The molecule has 0 N–H and O–H groups in total. The predicted octanol–water partition coefficient (Wildman–Crippen LogP) is 5.14. The van der Waals surface area contributed by atoms with Gasteiger partial charge in [0.15, 0.2) is 0 Å². The van der Waals surface area contributed by atoms with E-state index >= 15 is 0 Å². The summed E-state index contributed by atoms with van der Waals surface area (Å²) in [7, 11) is 0. The third-order valence-electron chi connectivity index (χ3n) is 3.35. The first kappa shape index (κ1) is 14.4. The largest absolute Gasteiger partial charge is 0.413 e. The fourth-order valence-electron chi connectivity index (χ4n) is 2.29. The third kappa shape index (κ3) is 2.76. The van der Waals surface area contributed by atoms with Gasteiger partial charge in [-0.2, -0.15) is 0 Å². The van der Waals surface area contributed by atoms with Gasteiger partial charge in [0.05, 0.1) is 21.9 Å². The van der Waals surface area contributed by atoms with Crippen molar-refractivity contribution in [2.75, 3.05) is 0 Å². The maximum atomic E-state index is 11.2. The lowest BCUT2D eigenvalue weighted by Crippen LogP contribution is -1.95. The number of nitro groups is 1. The van der Waals surface area contributed by atoms with Gasteiger partial charge < -0.3 is 4.18 Å². The van der Waals surface area contributed by atoms with Crippen LogP contribution in [0.5, 0.6) is 5.75 Å². The molecule has 5 heteroatoms. The van der Waals surface area contributed by atoms with Crippen molar-refractivity contribution in [1.82, 2.24) is 0 Å².